The van der Waals surface area contributed by atoms with Crippen LogP contribution in [-0.4, -0.2) is 9.52 Å². The Bertz CT molecular complexity index is 1190. The Kier molecular flexibility index (Phi) is 14.9. The Morgan fingerprint density at radius 1 is 0.763 bits per heavy atom. The number of fused-ring (bicyclic) bond motifs is 2. The van der Waals surface area contributed by atoms with Gasteiger partial charge in [0.1, 0.15) is 0 Å². The zero-order valence-electron chi connectivity index (χ0n) is 20.8. The summed E-state index contributed by atoms with van der Waals surface area (Å²) < 4.78 is 75.1. The topological polar surface area (TPSA) is 0 Å². The molecule has 4 rings (SSSR count). The second kappa shape index (κ2) is 16.5. The van der Waals surface area contributed by atoms with E-state index < -0.39 is 44.3 Å². The van der Waals surface area contributed by atoms with Crippen LogP contribution in [0.15, 0.2) is 86.0 Å². The van der Waals surface area contributed by atoms with Gasteiger partial charge in [-0.2, -0.15) is 38.5 Å². The third kappa shape index (κ3) is 10.5. The fourth-order valence-electron chi connectivity index (χ4n) is 3.59. The Morgan fingerprint density at radius 2 is 1.08 bits per heavy atom. The van der Waals surface area contributed by atoms with Gasteiger partial charge in [-0.05, 0) is 24.0 Å². The van der Waals surface area contributed by atoms with E-state index >= 15 is 0 Å². The molecule has 0 fully saturated rings. The van der Waals surface area contributed by atoms with Gasteiger partial charge in [-0.15, -0.1) is 71.1 Å². The fraction of sp³-hybridized carbons (Fsp3) is 0.214. The minimum absolute atomic E-state index is 0.582. The van der Waals surface area contributed by atoms with Crippen molar-refractivity contribution >= 4 is 48.1 Å². The van der Waals surface area contributed by atoms with Crippen LogP contribution < -0.4 is 0 Å². The zero-order valence-corrected chi connectivity index (χ0v) is 25.8. The first-order chi connectivity index (χ1) is 17.9. The SMILES string of the molecule is C=CCc1cccc2[cH-]c(C(F)(F)F)cc12.C=CCc1cccc2[cH-]c(C(F)(F)F)cc12.C[Si]C.[Cl][Zr+2][Cl]. The average Bonchev–Trinajstić information content (AvgIpc) is 3.47. The molecule has 0 heterocycles. The van der Waals surface area contributed by atoms with Crippen molar-refractivity contribution in [1.82, 2.24) is 0 Å². The predicted molar refractivity (Wildman–Crippen MR) is 146 cm³/mol. The molecule has 0 bridgehead atoms. The van der Waals surface area contributed by atoms with Gasteiger partial charge in [0.05, 0.1) is 0 Å². The molecule has 0 saturated heterocycles. The van der Waals surface area contributed by atoms with Crippen LogP contribution in [0, 0.1) is 0 Å². The number of hydrogen-bond acceptors (Lipinski definition) is 0. The van der Waals surface area contributed by atoms with Crippen molar-refractivity contribution in [3.05, 3.63) is 108 Å². The zero-order chi connectivity index (χ0) is 28.9. The van der Waals surface area contributed by atoms with Gasteiger partial charge in [0.25, 0.3) is 0 Å². The molecule has 0 saturated carbocycles. The molecule has 0 amide bonds. The molecular formula is C28H26Cl2F6SiZr. The van der Waals surface area contributed by atoms with Crippen LogP contribution >= 0.6 is 17.0 Å². The molecule has 4 aromatic carbocycles. The number of allylic oxidation sites excluding steroid dienone is 2. The standard InChI is InChI=1S/2C13H10F3.C2H6Si.2ClH.Zr/c2*1-2-4-9-5-3-6-10-7-11(8-12(9)10)13(14,15)16;1-3-2;;;/h2*2-3,5-8H,1,4H2;1-2H3;2*1H;/q2*-1;;;;+4/p-2. The summed E-state index contributed by atoms with van der Waals surface area (Å²) in [6.07, 6.45) is -4.00. The molecule has 0 aliphatic carbocycles. The summed E-state index contributed by atoms with van der Waals surface area (Å²) in [7, 11) is 11.0. The van der Waals surface area contributed by atoms with Gasteiger partial charge in [0.2, 0.25) is 0 Å². The monoisotopic (exact) mass is 664 g/mol. The molecule has 10 heteroatoms. The Morgan fingerprint density at radius 3 is 1.34 bits per heavy atom. The normalized spacial score (nSPS) is 10.8. The predicted octanol–water partition coefficient (Wildman–Crippen LogP) is 10.8. The van der Waals surface area contributed by atoms with E-state index in [1.54, 1.807) is 36.4 Å². The second-order valence-electron chi connectivity index (χ2n) is 7.88. The summed E-state index contributed by atoms with van der Waals surface area (Å²) in [5.74, 6) is 0. The van der Waals surface area contributed by atoms with Crippen molar-refractivity contribution in [3.63, 3.8) is 0 Å². The van der Waals surface area contributed by atoms with Crippen molar-refractivity contribution in [2.24, 2.45) is 0 Å². The number of halogens is 8. The fourth-order valence-corrected chi connectivity index (χ4v) is 3.59. The van der Waals surface area contributed by atoms with Gasteiger partial charge >= 0.3 is 50.2 Å². The third-order valence-electron chi connectivity index (χ3n) is 5.07. The molecule has 202 valence electrons. The second-order valence-corrected chi connectivity index (χ2v) is 12.6. The van der Waals surface area contributed by atoms with Crippen molar-refractivity contribution in [3.8, 4) is 0 Å². The van der Waals surface area contributed by atoms with Crippen molar-refractivity contribution in [2.75, 3.05) is 0 Å². The third-order valence-corrected chi connectivity index (χ3v) is 5.07. The summed E-state index contributed by atoms with van der Waals surface area (Å²) in [5, 5.41) is 2.59. The summed E-state index contributed by atoms with van der Waals surface area (Å²) in [4.78, 5) is 0. The van der Waals surface area contributed by atoms with Crippen molar-refractivity contribution in [2.45, 2.75) is 38.3 Å². The van der Waals surface area contributed by atoms with Crippen molar-refractivity contribution < 1.29 is 47.2 Å². The Hall–Kier alpha value is -1.60. The van der Waals surface area contributed by atoms with E-state index in [0.29, 0.717) is 34.4 Å². The first-order valence-corrected chi connectivity index (χ1v) is 19.5. The van der Waals surface area contributed by atoms with Crippen molar-refractivity contribution in [1.29, 1.82) is 0 Å². The Labute approximate surface area is 240 Å². The quantitative estimate of drug-likeness (QED) is 0.0880. The molecule has 38 heavy (non-hydrogen) atoms. The van der Waals surface area contributed by atoms with E-state index in [2.05, 4.69) is 26.3 Å². The van der Waals surface area contributed by atoms with Crippen LogP contribution in [0.5, 0.6) is 0 Å². The number of alkyl halides is 6. The van der Waals surface area contributed by atoms with E-state index in [9.17, 15) is 26.3 Å². The van der Waals surface area contributed by atoms with Crippen LogP contribution in [0.4, 0.5) is 26.3 Å². The number of hydrogen-bond donors (Lipinski definition) is 0. The molecule has 0 aliphatic rings. The molecule has 0 aliphatic heterocycles. The molecule has 4 aromatic rings. The van der Waals surface area contributed by atoms with E-state index in [0.717, 1.165) is 20.6 Å². The van der Waals surface area contributed by atoms with Crippen LogP contribution in [-0.2, 0) is 46.0 Å². The number of rotatable bonds is 4. The molecule has 0 unspecified atom stereocenters. The maximum atomic E-state index is 12.5. The van der Waals surface area contributed by atoms with E-state index in [1.165, 1.54) is 24.3 Å². The van der Waals surface area contributed by atoms with Crippen LogP contribution in [0.25, 0.3) is 21.5 Å². The summed E-state index contributed by atoms with van der Waals surface area (Å²) in [6, 6.07) is 15.3. The molecule has 0 aromatic heterocycles. The van der Waals surface area contributed by atoms with Crippen LogP contribution in [0.3, 0.4) is 0 Å². The van der Waals surface area contributed by atoms with Crippen LogP contribution in [0.2, 0.25) is 13.1 Å². The molecule has 0 atom stereocenters. The maximum absolute atomic E-state index is 12.5. The molecule has 0 spiro atoms. The molecule has 0 N–H and O–H groups in total. The van der Waals surface area contributed by atoms with Gasteiger partial charge in [-0.25, -0.2) is 0 Å². The van der Waals surface area contributed by atoms with E-state index in [-0.39, 0.29) is 0 Å². The Balaban J connectivity index is 0.000000315. The van der Waals surface area contributed by atoms with Gasteiger partial charge in [0, 0.05) is 9.52 Å². The van der Waals surface area contributed by atoms with Gasteiger partial charge in [-0.1, -0.05) is 48.5 Å². The minimum atomic E-state index is -4.27. The summed E-state index contributed by atoms with van der Waals surface area (Å²) in [5.41, 5.74) is 0.587. The van der Waals surface area contributed by atoms with Gasteiger partial charge < -0.3 is 0 Å². The summed E-state index contributed by atoms with van der Waals surface area (Å²) >= 11 is -0.826. The van der Waals surface area contributed by atoms with E-state index in [1.807, 2.05) is 12.1 Å². The van der Waals surface area contributed by atoms with Gasteiger partial charge in [0.15, 0.2) is 0 Å². The summed E-state index contributed by atoms with van der Waals surface area (Å²) in [6.45, 7) is 11.5. The molecule has 0 nitrogen and oxygen atoms in total. The number of benzene rings is 2. The average molecular weight is 667 g/mol. The molecule has 2 radical (unpaired) electrons. The molecular weight excluding hydrogens is 641 g/mol. The van der Waals surface area contributed by atoms with Gasteiger partial charge in [-0.3, -0.25) is 0 Å². The first-order valence-electron chi connectivity index (χ1n) is 11.1. The van der Waals surface area contributed by atoms with E-state index in [4.69, 9.17) is 17.0 Å². The first kappa shape index (κ1) is 34.4. The van der Waals surface area contributed by atoms with Crippen LogP contribution in [0.1, 0.15) is 22.3 Å².